The van der Waals surface area contributed by atoms with Crippen LogP contribution >= 0.6 is 0 Å². The molecule has 1 aliphatic heterocycles. The minimum atomic E-state index is -0.432. The summed E-state index contributed by atoms with van der Waals surface area (Å²) in [5, 5.41) is 18.1. The summed E-state index contributed by atoms with van der Waals surface area (Å²) in [5.74, 6) is 0.943. The zero-order valence-electron chi connectivity index (χ0n) is 11.0. The SMILES string of the molecule is Cc1ccc([N+](=O)[O-])cc1-c1nc(C2CCCN2)no1. The monoisotopic (exact) mass is 274 g/mol. The highest BCUT2D eigenvalue weighted by Crippen LogP contribution is 2.28. The molecule has 1 atom stereocenters. The Morgan fingerprint density at radius 1 is 1.50 bits per heavy atom. The normalized spacial score (nSPS) is 18.4. The topological polar surface area (TPSA) is 94.1 Å². The van der Waals surface area contributed by atoms with E-state index in [2.05, 4.69) is 15.5 Å². The number of aryl methyl sites for hydroxylation is 1. The molecule has 3 rings (SSSR count). The number of nitrogens with one attached hydrogen (secondary N) is 1. The molecular formula is C13H14N4O3. The molecule has 0 amide bonds. The minimum Gasteiger partial charge on any atom is -0.334 e. The van der Waals surface area contributed by atoms with Gasteiger partial charge in [-0.05, 0) is 31.9 Å². The highest BCUT2D eigenvalue weighted by atomic mass is 16.6. The van der Waals surface area contributed by atoms with E-state index >= 15 is 0 Å². The van der Waals surface area contributed by atoms with Crippen LogP contribution in [0.5, 0.6) is 0 Å². The van der Waals surface area contributed by atoms with E-state index in [0.29, 0.717) is 17.3 Å². The molecule has 1 unspecified atom stereocenters. The molecule has 1 aromatic heterocycles. The van der Waals surface area contributed by atoms with E-state index in [-0.39, 0.29) is 11.7 Å². The number of nitro groups is 1. The van der Waals surface area contributed by atoms with Gasteiger partial charge in [0.05, 0.1) is 11.0 Å². The van der Waals surface area contributed by atoms with Crippen LogP contribution in [-0.4, -0.2) is 21.6 Å². The zero-order chi connectivity index (χ0) is 14.1. The first-order chi connectivity index (χ1) is 9.65. The van der Waals surface area contributed by atoms with E-state index in [4.69, 9.17) is 4.52 Å². The van der Waals surface area contributed by atoms with E-state index in [9.17, 15) is 10.1 Å². The number of rotatable bonds is 3. The van der Waals surface area contributed by atoms with Crippen LogP contribution < -0.4 is 5.32 Å². The second-order valence-corrected chi connectivity index (χ2v) is 4.86. The van der Waals surface area contributed by atoms with Gasteiger partial charge < -0.3 is 9.84 Å². The van der Waals surface area contributed by atoms with Crippen molar-refractivity contribution in [1.29, 1.82) is 0 Å². The fraction of sp³-hybridized carbons (Fsp3) is 0.385. The minimum absolute atomic E-state index is 0.0179. The van der Waals surface area contributed by atoms with Crippen LogP contribution in [-0.2, 0) is 0 Å². The van der Waals surface area contributed by atoms with Gasteiger partial charge in [0.25, 0.3) is 11.6 Å². The van der Waals surface area contributed by atoms with E-state index < -0.39 is 4.92 Å². The number of hydrogen-bond donors (Lipinski definition) is 1. The molecule has 0 bridgehead atoms. The molecule has 1 fully saturated rings. The molecular weight excluding hydrogens is 260 g/mol. The van der Waals surface area contributed by atoms with Crippen molar-refractivity contribution in [3.63, 3.8) is 0 Å². The first-order valence-electron chi connectivity index (χ1n) is 6.47. The van der Waals surface area contributed by atoms with Crippen LogP contribution in [0.25, 0.3) is 11.5 Å². The first kappa shape index (κ1) is 12.7. The quantitative estimate of drug-likeness (QED) is 0.682. The average molecular weight is 274 g/mol. The molecule has 0 radical (unpaired) electrons. The summed E-state index contributed by atoms with van der Waals surface area (Å²) in [6, 6.07) is 4.74. The summed E-state index contributed by atoms with van der Waals surface area (Å²) >= 11 is 0. The fourth-order valence-corrected chi connectivity index (χ4v) is 2.34. The first-order valence-corrected chi connectivity index (χ1v) is 6.47. The maximum absolute atomic E-state index is 10.8. The van der Waals surface area contributed by atoms with Crippen LogP contribution in [0.4, 0.5) is 5.69 Å². The summed E-state index contributed by atoms with van der Waals surface area (Å²) in [5.41, 5.74) is 1.49. The molecule has 0 aliphatic carbocycles. The Bertz CT molecular complexity index is 647. The van der Waals surface area contributed by atoms with Gasteiger partial charge in [-0.3, -0.25) is 10.1 Å². The predicted molar refractivity (Wildman–Crippen MR) is 71.1 cm³/mol. The Hall–Kier alpha value is -2.28. The lowest BCUT2D eigenvalue weighted by molar-refractivity contribution is -0.384. The van der Waals surface area contributed by atoms with E-state index in [0.717, 1.165) is 24.9 Å². The van der Waals surface area contributed by atoms with Crippen molar-refractivity contribution in [2.75, 3.05) is 6.54 Å². The summed E-state index contributed by atoms with van der Waals surface area (Å²) in [4.78, 5) is 14.8. The van der Waals surface area contributed by atoms with Crippen LogP contribution in [0.2, 0.25) is 0 Å². The highest BCUT2D eigenvalue weighted by Gasteiger charge is 2.23. The maximum Gasteiger partial charge on any atom is 0.270 e. The van der Waals surface area contributed by atoms with Crippen LogP contribution in [0.1, 0.15) is 30.3 Å². The molecule has 1 saturated heterocycles. The number of nitrogens with zero attached hydrogens (tertiary/aromatic N) is 3. The molecule has 2 aromatic rings. The van der Waals surface area contributed by atoms with Crippen molar-refractivity contribution in [2.24, 2.45) is 0 Å². The number of aromatic nitrogens is 2. The van der Waals surface area contributed by atoms with Crippen LogP contribution in [0, 0.1) is 17.0 Å². The molecule has 0 spiro atoms. The van der Waals surface area contributed by atoms with Gasteiger partial charge >= 0.3 is 0 Å². The van der Waals surface area contributed by atoms with E-state index in [1.807, 2.05) is 6.92 Å². The standard InChI is InChI=1S/C13H14N4O3/c1-8-4-5-9(17(18)19)7-10(8)13-15-12(16-20-13)11-3-2-6-14-11/h4-5,7,11,14H,2-3,6H2,1H3. The van der Waals surface area contributed by atoms with Gasteiger partial charge in [0.15, 0.2) is 5.82 Å². The molecule has 0 saturated carbocycles. The van der Waals surface area contributed by atoms with Gasteiger partial charge in [-0.2, -0.15) is 4.98 Å². The zero-order valence-corrected chi connectivity index (χ0v) is 11.0. The molecule has 2 heterocycles. The fourth-order valence-electron chi connectivity index (χ4n) is 2.34. The van der Waals surface area contributed by atoms with Crippen molar-refractivity contribution in [1.82, 2.24) is 15.5 Å². The summed E-state index contributed by atoms with van der Waals surface area (Å²) in [6.45, 7) is 2.81. The Morgan fingerprint density at radius 3 is 3.05 bits per heavy atom. The predicted octanol–water partition coefficient (Wildman–Crippen LogP) is 2.38. The van der Waals surface area contributed by atoms with Gasteiger partial charge in [-0.1, -0.05) is 11.2 Å². The summed E-state index contributed by atoms with van der Waals surface area (Å²) < 4.78 is 5.25. The lowest BCUT2D eigenvalue weighted by atomic mass is 10.1. The molecule has 7 heteroatoms. The van der Waals surface area contributed by atoms with Crippen LogP contribution in [0.3, 0.4) is 0 Å². The van der Waals surface area contributed by atoms with Gasteiger partial charge in [-0.25, -0.2) is 0 Å². The van der Waals surface area contributed by atoms with Crippen LogP contribution in [0.15, 0.2) is 22.7 Å². The smallest absolute Gasteiger partial charge is 0.270 e. The Balaban J connectivity index is 1.96. The van der Waals surface area contributed by atoms with E-state index in [1.54, 1.807) is 6.07 Å². The summed E-state index contributed by atoms with van der Waals surface area (Å²) in [7, 11) is 0. The second kappa shape index (κ2) is 5.01. The van der Waals surface area contributed by atoms with E-state index in [1.165, 1.54) is 12.1 Å². The third-order valence-electron chi connectivity index (χ3n) is 3.48. The Morgan fingerprint density at radius 2 is 2.35 bits per heavy atom. The lowest BCUT2D eigenvalue weighted by Gasteiger charge is -2.02. The molecule has 7 nitrogen and oxygen atoms in total. The van der Waals surface area contributed by atoms with Crippen molar-refractivity contribution in [3.8, 4) is 11.5 Å². The average Bonchev–Trinajstić information content (AvgIpc) is 3.10. The molecule has 1 aliphatic rings. The van der Waals surface area contributed by atoms with Crippen molar-refractivity contribution in [3.05, 3.63) is 39.7 Å². The summed E-state index contributed by atoms with van der Waals surface area (Å²) in [6.07, 6.45) is 2.07. The molecule has 1 N–H and O–H groups in total. The van der Waals surface area contributed by atoms with Crippen molar-refractivity contribution < 1.29 is 9.45 Å². The number of nitro benzene ring substituents is 1. The highest BCUT2D eigenvalue weighted by molar-refractivity contribution is 5.62. The number of non-ortho nitro benzene ring substituents is 1. The van der Waals surface area contributed by atoms with Gasteiger partial charge in [0.1, 0.15) is 0 Å². The third-order valence-corrected chi connectivity index (χ3v) is 3.48. The maximum atomic E-state index is 10.8. The number of benzene rings is 1. The lowest BCUT2D eigenvalue weighted by Crippen LogP contribution is -2.14. The van der Waals surface area contributed by atoms with Crippen molar-refractivity contribution >= 4 is 5.69 Å². The Labute approximate surface area is 115 Å². The van der Waals surface area contributed by atoms with Crippen molar-refractivity contribution in [2.45, 2.75) is 25.8 Å². The Kier molecular flexibility index (Phi) is 3.19. The largest absolute Gasteiger partial charge is 0.334 e. The molecule has 1 aromatic carbocycles. The van der Waals surface area contributed by atoms with Gasteiger partial charge in [0.2, 0.25) is 0 Å². The number of hydrogen-bond acceptors (Lipinski definition) is 6. The molecule has 20 heavy (non-hydrogen) atoms. The second-order valence-electron chi connectivity index (χ2n) is 4.86. The van der Waals surface area contributed by atoms with Gasteiger partial charge in [0, 0.05) is 17.7 Å². The third kappa shape index (κ3) is 2.27. The molecule has 104 valence electrons. The van der Waals surface area contributed by atoms with Gasteiger partial charge in [-0.15, -0.1) is 0 Å².